The number of halogens is 1. The minimum atomic E-state index is 0.409. The third-order valence-electron chi connectivity index (χ3n) is 4.28. The summed E-state index contributed by atoms with van der Waals surface area (Å²) in [7, 11) is 3.35. The lowest BCUT2D eigenvalue weighted by atomic mass is 10.1. The molecule has 3 rings (SSSR count). The molecule has 0 aliphatic rings. The van der Waals surface area contributed by atoms with Gasteiger partial charge in [0.1, 0.15) is 18.1 Å². The van der Waals surface area contributed by atoms with Gasteiger partial charge in [0, 0.05) is 25.6 Å². The molecule has 3 aromatic rings. The molecule has 0 amide bonds. The first-order valence-electron chi connectivity index (χ1n) is 9.30. The van der Waals surface area contributed by atoms with Crippen LogP contribution in [0, 0.1) is 0 Å². The molecule has 0 aliphatic carbocycles. The van der Waals surface area contributed by atoms with E-state index in [1.54, 1.807) is 25.6 Å². The molecule has 0 radical (unpaired) electrons. The lowest BCUT2D eigenvalue weighted by Gasteiger charge is -2.23. The second-order valence-electron chi connectivity index (χ2n) is 6.45. The van der Waals surface area contributed by atoms with Crippen molar-refractivity contribution in [3.05, 3.63) is 70.7 Å². The zero-order chi connectivity index (χ0) is 20.5. The Balaban J connectivity index is 1.80. The normalized spacial score (nSPS) is 10.7. The van der Waals surface area contributed by atoms with Gasteiger partial charge in [0.05, 0.1) is 25.3 Å². The summed E-state index contributed by atoms with van der Waals surface area (Å²) in [6.07, 6.45) is 0. The summed E-state index contributed by atoms with van der Waals surface area (Å²) in [5.41, 5.74) is 3.18. The highest BCUT2D eigenvalue weighted by molar-refractivity contribution is 7.13. The molecular formula is C22H25ClN2O3S. The van der Waals surface area contributed by atoms with Gasteiger partial charge in [0.25, 0.3) is 0 Å². The number of hydrogen-bond acceptors (Lipinski definition) is 6. The first-order chi connectivity index (χ1) is 14.2. The number of benzene rings is 2. The molecule has 1 heterocycles. The van der Waals surface area contributed by atoms with E-state index in [0.29, 0.717) is 32.2 Å². The van der Waals surface area contributed by atoms with Crippen LogP contribution in [0.25, 0.3) is 0 Å². The van der Waals surface area contributed by atoms with Crippen LogP contribution >= 0.6 is 22.9 Å². The Kier molecular flexibility index (Phi) is 8.16. The van der Waals surface area contributed by atoms with Crippen molar-refractivity contribution in [1.82, 2.24) is 4.98 Å². The molecule has 5 nitrogen and oxygen atoms in total. The second-order valence-corrected chi connectivity index (χ2v) is 7.56. The van der Waals surface area contributed by atoms with E-state index >= 15 is 0 Å². The number of anilines is 1. The molecular weight excluding hydrogens is 408 g/mol. The summed E-state index contributed by atoms with van der Waals surface area (Å²) in [6.45, 7) is 2.50. The van der Waals surface area contributed by atoms with Gasteiger partial charge in [-0.3, -0.25) is 0 Å². The first kappa shape index (κ1) is 21.4. The largest absolute Gasteiger partial charge is 0.497 e. The van der Waals surface area contributed by atoms with Crippen molar-refractivity contribution in [3.63, 3.8) is 0 Å². The Labute approximate surface area is 180 Å². The summed E-state index contributed by atoms with van der Waals surface area (Å²) in [6, 6.07) is 16.2. The quantitative estimate of drug-likeness (QED) is 0.310. The summed E-state index contributed by atoms with van der Waals surface area (Å²) in [5, 5.41) is 2.94. The van der Waals surface area contributed by atoms with Crippen molar-refractivity contribution < 1.29 is 14.2 Å². The fraction of sp³-hybridized carbons (Fsp3) is 0.318. The van der Waals surface area contributed by atoms with Gasteiger partial charge in [-0.2, -0.15) is 0 Å². The van der Waals surface area contributed by atoms with Gasteiger partial charge < -0.3 is 19.1 Å². The molecule has 0 spiro atoms. The van der Waals surface area contributed by atoms with Crippen LogP contribution in [0.15, 0.2) is 53.9 Å². The number of aromatic nitrogens is 1. The molecule has 0 aliphatic heterocycles. The number of nitrogens with zero attached hydrogens (tertiary/aromatic N) is 2. The van der Waals surface area contributed by atoms with Gasteiger partial charge in [-0.1, -0.05) is 24.3 Å². The van der Waals surface area contributed by atoms with Crippen LogP contribution in [-0.2, 0) is 23.7 Å². The smallest absolute Gasteiger partial charge is 0.186 e. The highest BCUT2D eigenvalue weighted by Gasteiger charge is 2.14. The molecule has 154 valence electrons. The van der Waals surface area contributed by atoms with E-state index in [1.807, 2.05) is 35.7 Å². The molecule has 0 N–H and O–H groups in total. The minimum absolute atomic E-state index is 0.409. The lowest BCUT2D eigenvalue weighted by molar-refractivity contribution is 0.146. The van der Waals surface area contributed by atoms with Crippen molar-refractivity contribution >= 4 is 28.1 Å². The van der Waals surface area contributed by atoms with Gasteiger partial charge in [-0.25, -0.2) is 4.98 Å². The Morgan fingerprint density at radius 3 is 2.28 bits per heavy atom. The Morgan fingerprint density at radius 1 is 0.966 bits per heavy atom. The zero-order valence-corrected chi connectivity index (χ0v) is 18.2. The number of rotatable bonds is 11. The summed E-state index contributed by atoms with van der Waals surface area (Å²) in [4.78, 5) is 6.92. The fourth-order valence-electron chi connectivity index (χ4n) is 2.88. The lowest BCUT2D eigenvalue weighted by Crippen LogP contribution is -2.22. The molecule has 0 saturated carbocycles. The Hall–Kier alpha value is -2.28. The summed E-state index contributed by atoms with van der Waals surface area (Å²) < 4.78 is 16.2. The van der Waals surface area contributed by atoms with Crippen LogP contribution < -0.4 is 14.4 Å². The van der Waals surface area contributed by atoms with E-state index < -0.39 is 0 Å². The van der Waals surface area contributed by atoms with E-state index in [4.69, 9.17) is 25.8 Å². The molecule has 0 unspecified atom stereocenters. The third kappa shape index (κ3) is 6.35. The zero-order valence-electron chi connectivity index (χ0n) is 16.6. The Morgan fingerprint density at radius 2 is 1.66 bits per heavy atom. The van der Waals surface area contributed by atoms with E-state index in [1.165, 1.54) is 0 Å². The van der Waals surface area contributed by atoms with Crippen molar-refractivity contribution in [2.45, 2.75) is 19.0 Å². The summed E-state index contributed by atoms with van der Waals surface area (Å²) in [5.74, 6) is 2.09. The highest BCUT2D eigenvalue weighted by Crippen LogP contribution is 2.27. The van der Waals surface area contributed by atoms with Crippen molar-refractivity contribution in [2.75, 3.05) is 32.3 Å². The van der Waals surface area contributed by atoms with Crippen LogP contribution in [0.2, 0.25) is 0 Å². The van der Waals surface area contributed by atoms with Crippen LogP contribution in [0.1, 0.15) is 16.8 Å². The van der Waals surface area contributed by atoms with Gasteiger partial charge >= 0.3 is 0 Å². The average molecular weight is 433 g/mol. The monoisotopic (exact) mass is 432 g/mol. The predicted octanol–water partition coefficient (Wildman–Crippen LogP) is 5.12. The van der Waals surface area contributed by atoms with Gasteiger partial charge in [-0.05, 0) is 35.4 Å². The number of alkyl halides is 1. The van der Waals surface area contributed by atoms with Crippen LogP contribution in [0.4, 0.5) is 5.13 Å². The van der Waals surface area contributed by atoms with E-state index in [-0.39, 0.29) is 0 Å². The maximum atomic E-state index is 5.97. The molecule has 2 aromatic carbocycles. The average Bonchev–Trinajstić information content (AvgIpc) is 3.23. The maximum absolute atomic E-state index is 5.97. The maximum Gasteiger partial charge on any atom is 0.186 e. The molecule has 0 atom stereocenters. The predicted molar refractivity (Wildman–Crippen MR) is 118 cm³/mol. The number of ether oxygens (including phenoxy) is 3. The summed E-state index contributed by atoms with van der Waals surface area (Å²) >= 11 is 7.57. The van der Waals surface area contributed by atoms with Gasteiger partial charge in [0.2, 0.25) is 0 Å². The van der Waals surface area contributed by atoms with Crippen LogP contribution in [0.3, 0.4) is 0 Å². The van der Waals surface area contributed by atoms with Gasteiger partial charge in [0.15, 0.2) is 5.13 Å². The number of hydrogen-bond donors (Lipinski definition) is 0. The molecule has 7 heteroatoms. The highest BCUT2D eigenvalue weighted by atomic mass is 35.5. The molecule has 29 heavy (non-hydrogen) atoms. The second kappa shape index (κ2) is 11.0. The topological polar surface area (TPSA) is 43.8 Å². The number of thiazole rings is 1. The van der Waals surface area contributed by atoms with Crippen LogP contribution in [0.5, 0.6) is 11.5 Å². The Bertz CT molecular complexity index is 903. The van der Waals surface area contributed by atoms with E-state index in [2.05, 4.69) is 28.1 Å². The molecule has 0 bridgehead atoms. The van der Waals surface area contributed by atoms with E-state index in [9.17, 15) is 0 Å². The third-order valence-corrected chi connectivity index (χ3v) is 5.51. The fourth-order valence-corrected chi connectivity index (χ4v) is 3.94. The first-order valence-corrected chi connectivity index (χ1v) is 10.7. The van der Waals surface area contributed by atoms with Crippen molar-refractivity contribution in [3.8, 4) is 11.5 Å². The molecule has 0 fully saturated rings. The van der Waals surface area contributed by atoms with Crippen molar-refractivity contribution in [1.29, 1.82) is 0 Å². The molecule has 0 saturated heterocycles. The SMILES string of the molecule is COCCOc1cccc(CN(Cc2cccc(OC)c2)c2nc(CCl)cs2)c1. The van der Waals surface area contributed by atoms with Crippen LogP contribution in [-0.4, -0.2) is 32.4 Å². The minimum Gasteiger partial charge on any atom is -0.497 e. The molecule has 1 aromatic heterocycles. The standard InChI is InChI=1S/C22H25ClN2O3S/c1-26-9-10-28-21-8-4-6-18(12-21)15-25(22-24-19(13-23)16-29-22)14-17-5-3-7-20(11-17)27-2/h3-8,11-12,16H,9-10,13-15H2,1-2H3. The number of methoxy groups -OCH3 is 2. The van der Waals surface area contributed by atoms with E-state index in [0.717, 1.165) is 33.5 Å². The van der Waals surface area contributed by atoms with Gasteiger partial charge in [-0.15, -0.1) is 22.9 Å². The van der Waals surface area contributed by atoms with Crippen molar-refractivity contribution in [2.24, 2.45) is 0 Å².